The molecule has 22 heteroatoms. The Labute approximate surface area is 350 Å². The highest BCUT2D eigenvalue weighted by Gasteiger charge is 2.20. The van der Waals surface area contributed by atoms with Crippen molar-refractivity contribution in [1.29, 1.82) is 0 Å². The molecule has 0 fully saturated rings. The first-order chi connectivity index (χ1) is 28.6. The molecule has 0 heterocycles. The van der Waals surface area contributed by atoms with E-state index in [1.807, 2.05) is 20.8 Å². The van der Waals surface area contributed by atoms with E-state index in [9.17, 15) is 19.0 Å². The zero-order valence-corrected chi connectivity index (χ0v) is 36.4. The van der Waals surface area contributed by atoms with Gasteiger partial charge in [0.2, 0.25) is 5.91 Å². The maximum Gasteiger partial charge on any atom is 0.472 e. The SMILES string of the molecule is [CH2][CH]COP(=O)(O)OCCNC(=O)CCOCCOCCOCCOCCOCCOCCOCCOCCOCCOCCOCCOCCNC(=O)OC(C)(C)C. The van der Waals surface area contributed by atoms with Crippen molar-refractivity contribution in [3.8, 4) is 0 Å². The first-order valence-corrected chi connectivity index (χ1v) is 21.4. The molecular weight excluding hydrogens is 807 g/mol. The summed E-state index contributed by atoms with van der Waals surface area (Å²) in [6.07, 6.45) is 0.999. The van der Waals surface area contributed by atoms with Gasteiger partial charge in [0.25, 0.3) is 0 Å². The van der Waals surface area contributed by atoms with E-state index in [1.165, 1.54) is 6.42 Å². The van der Waals surface area contributed by atoms with Crippen molar-refractivity contribution in [2.75, 3.05) is 185 Å². The van der Waals surface area contributed by atoms with Gasteiger partial charge in [-0.05, 0) is 34.1 Å². The van der Waals surface area contributed by atoms with Crippen LogP contribution in [0.3, 0.4) is 0 Å². The molecule has 0 aliphatic carbocycles. The van der Waals surface area contributed by atoms with Crippen molar-refractivity contribution in [3.63, 3.8) is 0 Å². The van der Waals surface area contributed by atoms with Crippen molar-refractivity contribution < 1.29 is 89.7 Å². The van der Waals surface area contributed by atoms with Crippen LogP contribution in [0.1, 0.15) is 27.2 Å². The Morgan fingerprint density at radius 3 is 1.12 bits per heavy atom. The molecule has 0 saturated heterocycles. The van der Waals surface area contributed by atoms with Gasteiger partial charge in [-0.15, -0.1) is 0 Å². The molecule has 2 radical (unpaired) electrons. The molecule has 0 saturated carbocycles. The summed E-state index contributed by atoms with van der Waals surface area (Å²) >= 11 is 0. The van der Waals surface area contributed by atoms with E-state index in [0.717, 1.165) is 0 Å². The molecule has 2 amide bonds. The number of hydrogen-bond donors (Lipinski definition) is 3. The first-order valence-electron chi connectivity index (χ1n) is 19.9. The lowest BCUT2D eigenvalue weighted by Crippen LogP contribution is -2.34. The quantitative estimate of drug-likeness (QED) is 0.0579. The topological polar surface area (TPSA) is 234 Å². The second kappa shape index (κ2) is 43.0. The Hall–Kier alpha value is -1.63. The highest BCUT2D eigenvalue weighted by atomic mass is 31.2. The molecule has 0 bridgehead atoms. The van der Waals surface area contributed by atoms with Crippen LogP contribution in [-0.2, 0) is 80.0 Å². The maximum absolute atomic E-state index is 11.7. The minimum Gasteiger partial charge on any atom is -0.444 e. The minimum absolute atomic E-state index is 0.0633. The lowest BCUT2D eigenvalue weighted by atomic mass is 10.2. The molecule has 350 valence electrons. The number of carbonyl (C=O) groups is 2. The minimum atomic E-state index is -4.14. The van der Waals surface area contributed by atoms with Gasteiger partial charge in [0.1, 0.15) is 5.60 Å². The van der Waals surface area contributed by atoms with Crippen molar-refractivity contribution >= 4 is 19.8 Å². The van der Waals surface area contributed by atoms with Crippen LogP contribution >= 0.6 is 7.82 Å². The summed E-state index contributed by atoms with van der Waals surface area (Å²) in [7, 11) is -4.14. The van der Waals surface area contributed by atoms with Gasteiger partial charge in [-0.3, -0.25) is 13.8 Å². The Morgan fingerprint density at radius 2 is 0.797 bits per heavy atom. The molecule has 0 rings (SSSR count). The average Bonchev–Trinajstić information content (AvgIpc) is 3.19. The van der Waals surface area contributed by atoms with Crippen molar-refractivity contribution in [1.82, 2.24) is 10.6 Å². The lowest BCUT2D eigenvalue weighted by molar-refractivity contribution is -0.122. The van der Waals surface area contributed by atoms with Crippen LogP contribution < -0.4 is 10.6 Å². The van der Waals surface area contributed by atoms with Crippen molar-refractivity contribution in [2.45, 2.75) is 32.8 Å². The van der Waals surface area contributed by atoms with Crippen molar-refractivity contribution in [3.05, 3.63) is 13.3 Å². The molecule has 0 aromatic heterocycles. The summed E-state index contributed by atoms with van der Waals surface area (Å²) in [5, 5.41) is 5.18. The number of ether oxygens (including phenoxy) is 13. The number of carbonyl (C=O) groups excluding carboxylic acids is 2. The molecule has 21 nitrogen and oxygen atoms in total. The van der Waals surface area contributed by atoms with Crippen LogP contribution in [0.5, 0.6) is 0 Å². The summed E-state index contributed by atoms with van der Waals surface area (Å²) < 4.78 is 91.2. The third-order valence-corrected chi connectivity index (χ3v) is 7.50. The Morgan fingerprint density at radius 1 is 0.492 bits per heavy atom. The Balaban J connectivity index is 3.18. The van der Waals surface area contributed by atoms with Crippen LogP contribution in [0.25, 0.3) is 0 Å². The van der Waals surface area contributed by atoms with E-state index < -0.39 is 19.5 Å². The largest absolute Gasteiger partial charge is 0.472 e. The molecule has 0 spiro atoms. The second-order valence-corrected chi connectivity index (χ2v) is 14.2. The monoisotopic (exact) mass is 880 g/mol. The number of phosphoric ester groups is 1. The molecule has 3 N–H and O–H groups in total. The van der Waals surface area contributed by atoms with Crippen molar-refractivity contribution in [2.24, 2.45) is 0 Å². The van der Waals surface area contributed by atoms with Crippen LogP contribution in [0, 0.1) is 13.3 Å². The summed E-state index contributed by atoms with van der Waals surface area (Å²) in [6.45, 7) is 19.3. The van der Waals surface area contributed by atoms with E-state index in [-0.39, 0.29) is 38.7 Å². The Kier molecular flexibility index (Phi) is 41.8. The predicted octanol–water partition coefficient (Wildman–Crippen LogP) is 1.39. The third-order valence-electron chi connectivity index (χ3n) is 6.51. The van der Waals surface area contributed by atoms with Crippen LogP contribution in [0.15, 0.2) is 0 Å². The zero-order valence-electron chi connectivity index (χ0n) is 35.5. The van der Waals surface area contributed by atoms with Gasteiger partial charge in [0.15, 0.2) is 0 Å². The van der Waals surface area contributed by atoms with Gasteiger partial charge >= 0.3 is 13.9 Å². The number of nitrogens with one attached hydrogen (secondary N) is 2. The second-order valence-electron chi connectivity index (χ2n) is 12.8. The molecule has 0 aliphatic heterocycles. The average molecular weight is 881 g/mol. The van der Waals surface area contributed by atoms with Gasteiger partial charge in [-0.1, -0.05) is 0 Å². The molecule has 1 atom stereocenters. The fraction of sp³-hybridized carbons (Fsp3) is 0.892. The van der Waals surface area contributed by atoms with E-state index in [0.29, 0.717) is 159 Å². The van der Waals surface area contributed by atoms with E-state index in [4.69, 9.17) is 66.1 Å². The number of phosphoric acid groups is 1. The fourth-order valence-electron chi connectivity index (χ4n) is 3.85. The van der Waals surface area contributed by atoms with Gasteiger partial charge < -0.3 is 77.1 Å². The van der Waals surface area contributed by atoms with E-state index in [2.05, 4.69) is 22.1 Å². The number of alkyl carbamates (subject to hydrolysis) is 1. The highest BCUT2D eigenvalue weighted by Crippen LogP contribution is 2.42. The standard InChI is InChI=1S/C37H73N2O19P/c1-5-9-56-59(42,43)57-12-8-38-35(40)6-10-44-13-15-46-17-19-48-21-23-50-25-27-52-29-31-54-33-34-55-32-30-53-28-26-51-24-22-49-20-18-47-16-14-45-11-7-39-36(41)58-37(2,3)4/h5H,1,6-34H2,2-4H3,(H,38,40)(H,39,41)(H,42,43). The number of amides is 2. The van der Waals surface area contributed by atoms with Crippen LogP contribution in [-0.4, -0.2) is 207 Å². The lowest BCUT2D eigenvalue weighted by Gasteiger charge is -2.19. The smallest absolute Gasteiger partial charge is 0.444 e. The normalized spacial score (nSPS) is 12.8. The Bertz CT molecular complexity index is 982. The summed E-state index contributed by atoms with van der Waals surface area (Å²) in [4.78, 5) is 32.6. The third kappa shape index (κ3) is 48.9. The summed E-state index contributed by atoms with van der Waals surface area (Å²) in [5.74, 6) is -0.273. The molecule has 59 heavy (non-hydrogen) atoms. The molecule has 0 aromatic rings. The van der Waals surface area contributed by atoms with Gasteiger partial charge in [-0.2, -0.15) is 0 Å². The summed E-state index contributed by atoms with van der Waals surface area (Å²) in [6, 6.07) is 0. The summed E-state index contributed by atoms with van der Waals surface area (Å²) in [5.41, 5.74) is -0.522. The predicted molar refractivity (Wildman–Crippen MR) is 213 cm³/mol. The number of hydrogen-bond acceptors (Lipinski definition) is 18. The molecule has 0 aliphatic rings. The molecule has 1 unspecified atom stereocenters. The van der Waals surface area contributed by atoms with Crippen LogP contribution in [0.2, 0.25) is 0 Å². The van der Waals surface area contributed by atoms with Gasteiger partial charge in [-0.25, -0.2) is 9.36 Å². The first kappa shape index (κ1) is 57.4. The zero-order chi connectivity index (χ0) is 43.4. The fourth-order valence-corrected chi connectivity index (χ4v) is 4.54. The van der Waals surface area contributed by atoms with Gasteiger partial charge in [0, 0.05) is 19.5 Å². The maximum atomic E-state index is 11.7. The van der Waals surface area contributed by atoms with E-state index >= 15 is 0 Å². The highest BCUT2D eigenvalue weighted by molar-refractivity contribution is 7.47. The number of rotatable bonds is 46. The van der Waals surface area contributed by atoms with E-state index in [1.54, 1.807) is 0 Å². The molecule has 0 aromatic carbocycles. The molecular formula is C37H73N2O19P. The van der Waals surface area contributed by atoms with Gasteiger partial charge in [0.05, 0.1) is 172 Å². The van der Waals surface area contributed by atoms with Crippen LogP contribution in [0.4, 0.5) is 4.79 Å².